The topological polar surface area (TPSA) is 61.9 Å². The number of carbonyl (C=O) groups excluding carboxylic acids is 2. The molecule has 2 aromatic rings. The molecule has 2 aromatic carbocycles. The van der Waals surface area contributed by atoms with Crippen LogP contribution >= 0.6 is 0 Å². The lowest BCUT2D eigenvalue weighted by Crippen LogP contribution is -2.55. The van der Waals surface area contributed by atoms with Crippen molar-refractivity contribution in [1.82, 2.24) is 4.90 Å². The Hall–Kier alpha value is -3.16. The molecule has 0 saturated carbocycles. The quantitative estimate of drug-likeness (QED) is 0.769. The lowest BCUT2D eigenvalue weighted by Gasteiger charge is -2.41. The van der Waals surface area contributed by atoms with Gasteiger partial charge in [0.25, 0.3) is 0 Å². The molecule has 2 aliphatic rings. The van der Waals surface area contributed by atoms with Gasteiger partial charge in [-0.1, -0.05) is 6.07 Å². The summed E-state index contributed by atoms with van der Waals surface area (Å²) in [5.74, 6) is -1.64. The fourth-order valence-electron chi connectivity index (χ4n) is 4.48. The van der Waals surface area contributed by atoms with Crippen LogP contribution in [0.2, 0.25) is 0 Å². The number of nitrogens with one attached hydrogen (secondary N) is 1. The Bertz CT molecular complexity index is 1020. The van der Waals surface area contributed by atoms with Gasteiger partial charge in [-0.3, -0.25) is 9.59 Å². The van der Waals surface area contributed by atoms with Gasteiger partial charge in [0.15, 0.2) is 17.4 Å². The molecular weight excluding hydrogens is 416 g/mol. The summed E-state index contributed by atoms with van der Waals surface area (Å²) in [5.41, 5.74) is 3.52. The van der Waals surface area contributed by atoms with E-state index in [9.17, 15) is 18.4 Å². The van der Waals surface area contributed by atoms with E-state index in [1.165, 1.54) is 19.2 Å². The Morgan fingerprint density at radius 1 is 1.12 bits per heavy atom. The molecule has 0 bridgehead atoms. The number of rotatable bonds is 5. The molecule has 0 spiro atoms. The monoisotopic (exact) mass is 443 g/mol. The van der Waals surface area contributed by atoms with Crippen LogP contribution in [0.15, 0.2) is 30.3 Å². The highest BCUT2D eigenvalue weighted by atomic mass is 19.1. The molecule has 4 rings (SSSR count). The number of hydrogen-bond acceptors (Lipinski definition) is 5. The van der Waals surface area contributed by atoms with Crippen molar-refractivity contribution in [3.05, 3.63) is 53.1 Å². The summed E-state index contributed by atoms with van der Waals surface area (Å²) in [6.45, 7) is 3.51. The first-order valence-electron chi connectivity index (χ1n) is 10.8. The summed E-state index contributed by atoms with van der Waals surface area (Å²) in [6, 6.07) is 8.28. The average molecular weight is 443 g/mol. The number of carbonyl (C=O) groups is 2. The number of methoxy groups -OCH3 is 1. The van der Waals surface area contributed by atoms with E-state index in [0.717, 1.165) is 23.2 Å². The van der Waals surface area contributed by atoms with Crippen LogP contribution in [-0.2, 0) is 22.4 Å². The molecule has 1 saturated heterocycles. The third kappa shape index (κ3) is 4.54. The van der Waals surface area contributed by atoms with Crippen molar-refractivity contribution in [1.29, 1.82) is 0 Å². The van der Waals surface area contributed by atoms with Gasteiger partial charge in [-0.25, -0.2) is 8.78 Å². The minimum absolute atomic E-state index is 0.0304. The minimum Gasteiger partial charge on any atom is -0.491 e. The molecule has 0 aromatic heterocycles. The average Bonchev–Trinajstić information content (AvgIpc) is 2.77. The highest BCUT2D eigenvalue weighted by molar-refractivity contribution is 5.84. The maximum absolute atomic E-state index is 14.1. The first-order valence-corrected chi connectivity index (χ1v) is 10.8. The van der Waals surface area contributed by atoms with Crippen LogP contribution in [0.1, 0.15) is 24.5 Å². The number of piperazine rings is 1. The SMILES string of the molecule is COc1c(F)cc(N2CCN(C(=O)CNc3ccc4c(c3)CCC(=O)C4)[C@H](C)C2)cc1F. The fourth-order valence-corrected chi connectivity index (χ4v) is 4.48. The number of hydrogen-bond donors (Lipinski definition) is 1. The van der Waals surface area contributed by atoms with Crippen molar-refractivity contribution in [2.75, 3.05) is 43.5 Å². The second-order valence-corrected chi connectivity index (χ2v) is 8.38. The molecule has 170 valence electrons. The van der Waals surface area contributed by atoms with Gasteiger partial charge in [-0.15, -0.1) is 0 Å². The Kier molecular flexibility index (Phi) is 6.30. The lowest BCUT2D eigenvalue weighted by molar-refractivity contribution is -0.131. The Balaban J connectivity index is 1.35. The third-order valence-electron chi connectivity index (χ3n) is 6.21. The van der Waals surface area contributed by atoms with Gasteiger partial charge in [0.2, 0.25) is 5.91 Å². The van der Waals surface area contributed by atoms with Crippen LogP contribution in [0.5, 0.6) is 5.75 Å². The van der Waals surface area contributed by atoms with E-state index in [4.69, 9.17) is 4.74 Å². The number of ketones is 1. The van der Waals surface area contributed by atoms with Gasteiger partial charge in [0.1, 0.15) is 5.78 Å². The van der Waals surface area contributed by atoms with Gasteiger partial charge >= 0.3 is 0 Å². The maximum atomic E-state index is 14.1. The molecule has 1 atom stereocenters. The predicted octanol–water partition coefficient (Wildman–Crippen LogP) is 3.18. The number of halogens is 2. The fraction of sp³-hybridized carbons (Fsp3) is 0.417. The van der Waals surface area contributed by atoms with E-state index in [-0.39, 0.29) is 24.3 Å². The minimum atomic E-state index is -0.743. The smallest absolute Gasteiger partial charge is 0.242 e. The number of anilines is 2. The summed E-state index contributed by atoms with van der Waals surface area (Å²) >= 11 is 0. The molecule has 1 fully saturated rings. The molecule has 0 radical (unpaired) electrons. The largest absolute Gasteiger partial charge is 0.491 e. The number of amides is 1. The highest BCUT2D eigenvalue weighted by Crippen LogP contribution is 2.29. The number of ether oxygens (including phenoxy) is 1. The number of nitrogens with zero attached hydrogens (tertiary/aromatic N) is 2. The van der Waals surface area contributed by atoms with Gasteiger partial charge < -0.3 is 19.9 Å². The van der Waals surface area contributed by atoms with Crippen molar-refractivity contribution in [3.8, 4) is 5.75 Å². The van der Waals surface area contributed by atoms with Crippen LogP contribution in [0.25, 0.3) is 0 Å². The van der Waals surface area contributed by atoms with E-state index in [2.05, 4.69) is 5.32 Å². The number of benzene rings is 2. The number of aryl methyl sites for hydroxylation is 1. The first-order chi connectivity index (χ1) is 15.4. The second kappa shape index (κ2) is 9.14. The van der Waals surface area contributed by atoms with E-state index < -0.39 is 17.4 Å². The van der Waals surface area contributed by atoms with Gasteiger partial charge in [-0.05, 0) is 36.6 Å². The van der Waals surface area contributed by atoms with Crippen molar-refractivity contribution < 1.29 is 23.1 Å². The van der Waals surface area contributed by atoms with Crippen molar-refractivity contribution in [2.24, 2.45) is 0 Å². The summed E-state index contributed by atoms with van der Waals surface area (Å²) in [7, 11) is 1.23. The highest BCUT2D eigenvalue weighted by Gasteiger charge is 2.28. The van der Waals surface area contributed by atoms with Crippen LogP contribution in [0.3, 0.4) is 0 Å². The predicted molar refractivity (Wildman–Crippen MR) is 118 cm³/mol. The molecule has 0 unspecified atom stereocenters. The second-order valence-electron chi connectivity index (χ2n) is 8.38. The van der Waals surface area contributed by atoms with Crippen molar-refractivity contribution in [3.63, 3.8) is 0 Å². The zero-order valence-corrected chi connectivity index (χ0v) is 18.3. The van der Waals surface area contributed by atoms with Crippen molar-refractivity contribution in [2.45, 2.75) is 32.2 Å². The normalized spacial score (nSPS) is 18.4. The van der Waals surface area contributed by atoms with Crippen LogP contribution in [-0.4, -0.2) is 55.9 Å². The molecule has 32 heavy (non-hydrogen) atoms. The summed E-state index contributed by atoms with van der Waals surface area (Å²) in [5, 5.41) is 3.19. The zero-order valence-electron chi connectivity index (χ0n) is 18.3. The van der Waals surface area contributed by atoms with Crippen LogP contribution < -0.4 is 15.0 Å². The molecule has 1 aliphatic heterocycles. The number of fused-ring (bicyclic) bond motifs is 1. The molecule has 6 nitrogen and oxygen atoms in total. The standard InChI is InChI=1S/C24H27F2N3O3/c1-15-14-28(19-11-21(25)24(32-2)22(26)12-19)7-8-29(15)23(31)13-27-18-5-3-17-10-20(30)6-4-16(17)9-18/h3,5,9,11-12,15,27H,4,6-8,10,13-14H2,1-2H3/t15-/m1/s1. The Morgan fingerprint density at radius 2 is 1.88 bits per heavy atom. The van der Waals surface area contributed by atoms with E-state index in [0.29, 0.717) is 38.2 Å². The van der Waals surface area contributed by atoms with Crippen molar-refractivity contribution >= 4 is 23.1 Å². The third-order valence-corrected chi connectivity index (χ3v) is 6.21. The van der Waals surface area contributed by atoms with E-state index in [1.807, 2.05) is 30.0 Å². The molecule has 1 aliphatic carbocycles. The summed E-state index contributed by atoms with van der Waals surface area (Å²) in [6.07, 6.45) is 1.79. The zero-order chi connectivity index (χ0) is 22.8. The summed E-state index contributed by atoms with van der Waals surface area (Å²) in [4.78, 5) is 28.1. The van der Waals surface area contributed by atoms with Crippen LogP contribution in [0, 0.1) is 11.6 Å². The van der Waals surface area contributed by atoms with Gasteiger partial charge in [-0.2, -0.15) is 0 Å². The maximum Gasteiger partial charge on any atom is 0.242 e. The van der Waals surface area contributed by atoms with Gasteiger partial charge in [0, 0.05) is 62.0 Å². The van der Waals surface area contributed by atoms with E-state index >= 15 is 0 Å². The molecule has 1 amide bonds. The Labute approximate surface area is 186 Å². The Morgan fingerprint density at radius 3 is 2.56 bits per heavy atom. The van der Waals surface area contributed by atoms with Gasteiger partial charge in [0.05, 0.1) is 13.7 Å². The molecule has 8 heteroatoms. The van der Waals surface area contributed by atoms with E-state index in [1.54, 1.807) is 4.90 Å². The molecule has 1 N–H and O–H groups in total. The molecule has 1 heterocycles. The summed E-state index contributed by atoms with van der Waals surface area (Å²) < 4.78 is 32.9. The first kappa shape index (κ1) is 22.0. The molecular formula is C24H27F2N3O3. The van der Waals surface area contributed by atoms with Crippen LogP contribution in [0.4, 0.5) is 20.2 Å². The lowest BCUT2D eigenvalue weighted by atomic mass is 9.90. The number of Topliss-reactive ketones (excluding diaryl/α,β-unsaturated/α-hetero) is 1.